The number of carbonyl (C=O) groups is 4. The predicted molar refractivity (Wildman–Crippen MR) is 149 cm³/mol. The van der Waals surface area contributed by atoms with Gasteiger partial charge in [0.05, 0.1) is 19.8 Å². The summed E-state index contributed by atoms with van der Waals surface area (Å²) in [6.45, 7) is 16.7. The van der Waals surface area contributed by atoms with Crippen LogP contribution in [0.5, 0.6) is 11.5 Å². The van der Waals surface area contributed by atoms with Crippen LogP contribution in [0.25, 0.3) is 0 Å². The van der Waals surface area contributed by atoms with Crippen LogP contribution in [-0.4, -0.2) is 62.5 Å². The molecule has 2 N–H and O–H groups in total. The van der Waals surface area contributed by atoms with Gasteiger partial charge in [-0.3, -0.25) is 4.79 Å². The molecular formula is C29H45NO11. The molecule has 1 unspecified atom stereocenters. The normalized spacial score (nSPS) is 13.6. The molecular weight excluding hydrogens is 538 g/mol. The van der Waals surface area contributed by atoms with Crippen LogP contribution in [0, 0.1) is 17.3 Å². The van der Waals surface area contributed by atoms with Crippen molar-refractivity contribution in [3.63, 3.8) is 0 Å². The number of rotatable bonds is 13. The first kappa shape index (κ1) is 35.5. The molecule has 232 valence electrons. The Morgan fingerprint density at radius 3 is 1.76 bits per heavy atom. The predicted octanol–water partition coefficient (Wildman–Crippen LogP) is 5.42. The summed E-state index contributed by atoms with van der Waals surface area (Å²) in [5.41, 5.74) is 6.32. The molecule has 0 radical (unpaired) electrons. The molecule has 0 saturated carbocycles. The zero-order valence-electron chi connectivity index (χ0n) is 25.5. The number of nitrogens with two attached hydrogens (primary N) is 1. The van der Waals surface area contributed by atoms with E-state index in [-0.39, 0.29) is 55.0 Å². The van der Waals surface area contributed by atoms with Crippen LogP contribution >= 0.6 is 0 Å². The first-order valence-electron chi connectivity index (χ1n) is 13.6. The molecule has 1 rings (SSSR count). The van der Waals surface area contributed by atoms with E-state index in [1.54, 1.807) is 19.9 Å². The third kappa shape index (κ3) is 15.1. The number of ether oxygens (including phenoxy) is 7. The highest BCUT2D eigenvalue weighted by molar-refractivity contribution is 5.76. The highest BCUT2D eigenvalue weighted by Gasteiger charge is 2.26. The zero-order chi connectivity index (χ0) is 31.3. The van der Waals surface area contributed by atoms with E-state index in [4.69, 9.17) is 38.9 Å². The van der Waals surface area contributed by atoms with Gasteiger partial charge in [0.15, 0.2) is 11.5 Å². The third-order valence-electron chi connectivity index (χ3n) is 5.09. The van der Waals surface area contributed by atoms with Crippen LogP contribution in [0.15, 0.2) is 18.2 Å². The molecule has 0 bridgehead atoms. The summed E-state index contributed by atoms with van der Waals surface area (Å²) in [7, 11) is 0. The summed E-state index contributed by atoms with van der Waals surface area (Å²) >= 11 is 0. The minimum Gasteiger partial charge on any atom is -0.458 e. The highest BCUT2D eigenvalue weighted by Crippen LogP contribution is 2.30. The Hall–Kier alpha value is -3.54. The van der Waals surface area contributed by atoms with Gasteiger partial charge in [-0.05, 0) is 55.2 Å². The maximum Gasteiger partial charge on any atom is 0.513 e. The van der Waals surface area contributed by atoms with Crippen LogP contribution in [0.4, 0.5) is 14.4 Å². The van der Waals surface area contributed by atoms with E-state index in [1.165, 1.54) is 12.1 Å². The monoisotopic (exact) mass is 583 g/mol. The Morgan fingerprint density at radius 2 is 1.24 bits per heavy atom. The van der Waals surface area contributed by atoms with Gasteiger partial charge in [-0.15, -0.1) is 0 Å². The molecule has 41 heavy (non-hydrogen) atoms. The molecule has 1 aromatic rings. The van der Waals surface area contributed by atoms with Crippen molar-refractivity contribution >= 4 is 24.4 Å². The fourth-order valence-corrected chi connectivity index (χ4v) is 2.81. The smallest absolute Gasteiger partial charge is 0.458 e. The van der Waals surface area contributed by atoms with E-state index in [2.05, 4.69) is 0 Å². The van der Waals surface area contributed by atoms with Crippen molar-refractivity contribution in [1.82, 2.24) is 0 Å². The summed E-state index contributed by atoms with van der Waals surface area (Å²) in [4.78, 5) is 48.9. The van der Waals surface area contributed by atoms with Gasteiger partial charge in [0.25, 0.3) is 0 Å². The molecule has 3 atom stereocenters. The first-order chi connectivity index (χ1) is 19.0. The molecule has 0 saturated heterocycles. The van der Waals surface area contributed by atoms with E-state index < -0.39 is 42.7 Å². The van der Waals surface area contributed by atoms with E-state index in [1.807, 2.05) is 48.5 Å². The van der Waals surface area contributed by atoms with Crippen molar-refractivity contribution < 1.29 is 52.3 Å². The molecule has 12 nitrogen and oxygen atoms in total. The van der Waals surface area contributed by atoms with Gasteiger partial charge in [0, 0.05) is 0 Å². The number of benzene rings is 1. The second-order valence-corrected chi connectivity index (χ2v) is 11.8. The Morgan fingerprint density at radius 1 is 0.732 bits per heavy atom. The summed E-state index contributed by atoms with van der Waals surface area (Å²) in [5.74, 6) is -0.787. The first-order valence-corrected chi connectivity index (χ1v) is 13.6. The highest BCUT2D eigenvalue weighted by atomic mass is 16.7. The quantitative estimate of drug-likeness (QED) is 0.179. The van der Waals surface area contributed by atoms with Crippen molar-refractivity contribution in [3.05, 3.63) is 23.8 Å². The van der Waals surface area contributed by atoms with E-state index in [0.717, 1.165) is 0 Å². The lowest BCUT2D eigenvalue weighted by molar-refractivity contribution is -0.155. The average molecular weight is 584 g/mol. The number of hydrogen-bond acceptors (Lipinski definition) is 12. The van der Waals surface area contributed by atoms with Gasteiger partial charge in [-0.25, -0.2) is 14.4 Å². The lowest BCUT2D eigenvalue weighted by atomic mass is 9.99. The van der Waals surface area contributed by atoms with Gasteiger partial charge in [-0.2, -0.15) is 0 Å². The van der Waals surface area contributed by atoms with Gasteiger partial charge >= 0.3 is 24.4 Å². The Balaban J connectivity index is 2.88. The second-order valence-electron chi connectivity index (χ2n) is 11.8. The van der Waals surface area contributed by atoms with E-state index in [9.17, 15) is 19.2 Å². The molecule has 0 heterocycles. The lowest BCUT2D eigenvalue weighted by Gasteiger charge is -2.23. The average Bonchev–Trinajstić information content (AvgIpc) is 2.86. The molecule has 12 heteroatoms. The van der Waals surface area contributed by atoms with Crippen LogP contribution in [0.1, 0.15) is 67.9 Å². The van der Waals surface area contributed by atoms with Crippen LogP contribution in [0.2, 0.25) is 0 Å². The minimum atomic E-state index is -1.11. The zero-order valence-corrected chi connectivity index (χ0v) is 25.5. The van der Waals surface area contributed by atoms with Gasteiger partial charge in [0.2, 0.25) is 0 Å². The maximum atomic E-state index is 12.6. The summed E-state index contributed by atoms with van der Waals surface area (Å²) < 4.78 is 36.2. The van der Waals surface area contributed by atoms with E-state index >= 15 is 0 Å². The number of esters is 1. The molecule has 0 aromatic heterocycles. The molecule has 0 aliphatic rings. The summed E-state index contributed by atoms with van der Waals surface area (Å²) in [5, 5.41) is 0. The van der Waals surface area contributed by atoms with Crippen molar-refractivity contribution in [2.24, 2.45) is 23.0 Å². The van der Waals surface area contributed by atoms with Crippen molar-refractivity contribution in [2.75, 3.05) is 19.8 Å². The third-order valence-corrected chi connectivity index (χ3v) is 5.09. The molecule has 0 spiro atoms. The second kappa shape index (κ2) is 16.7. The van der Waals surface area contributed by atoms with Gasteiger partial charge in [0.1, 0.15) is 18.2 Å². The molecule has 0 fully saturated rings. The van der Waals surface area contributed by atoms with Crippen molar-refractivity contribution in [1.29, 1.82) is 0 Å². The number of hydrogen-bond donors (Lipinski definition) is 1. The summed E-state index contributed by atoms with van der Waals surface area (Å²) in [6, 6.07) is 3.22. The number of carbonyl (C=O) groups excluding carboxylic acids is 4. The largest absolute Gasteiger partial charge is 0.513 e. The summed E-state index contributed by atoms with van der Waals surface area (Å²) in [6.07, 6.45) is -4.44. The lowest BCUT2D eigenvalue weighted by Crippen LogP contribution is -2.39. The molecule has 0 aliphatic carbocycles. The van der Waals surface area contributed by atoms with Crippen molar-refractivity contribution in [3.8, 4) is 11.5 Å². The van der Waals surface area contributed by atoms with Crippen LogP contribution in [0.3, 0.4) is 0 Å². The molecule has 1 aromatic carbocycles. The fraction of sp³-hybridized carbons (Fsp3) is 0.655. The fourth-order valence-electron chi connectivity index (χ4n) is 2.81. The van der Waals surface area contributed by atoms with Crippen molar-refractivity contribution in [2.45, 2.75) is 87.0 Å². The Kier molecular flexibility index (Phi) is 14.4. The SMILES string of the molecule is CC(C)COC(=O)Oc1ccc(C[C@H](N)C(=O)O[C@@H](C)C(C)OC(=O)OCC(C)(C)C)cc1OC(=O)OCC(C)C. The van der Waals surface area contributed by atoms with Crippen LogP contribution in [-0.2, 0) is 34.9 Å². The molecule has 0 aliphatic heterocycles. The molecule has 0 amide bonds. The topological polar surface area (TPSA) is 159 Å². The Labute approximate surface area is 242 Å². The minimum absolute atomic E-state index is 0.0100. The van der Waals surface area contributed by atoms with Gasteiger partial charge in [-0.1, -0.05) is 54.5 Å². The maximum absolute atomic E-state index is 12.6. The van der Waals surface area contributed by atoms with Gasteiger partial charge < -0.3 is 38.9 Å². The standard InChI is InChI=1S/C29H45NO11/c1-17(2)14-35-26(32)40-23-11-10-21(13-24(23)41-27(33)36-15-18(3)4)12-22(30)25(31)38-19(5)20(6)39-28(34)37-16-29(7,8)9/h10-11,13,17-20,22H,12,14-16,30H2,1-9H3/t19-,20?,22-/m0/s1. The van der Waals surface area contributed by atoms with Crippen LogP contribution < -0.4 is 15.2 Å². The van der Waals surface area contributed by atoms with E-state index in [0.29, 0.717) is 5.56 Å². The Bertz CT molecular complexity index is 1020.